The minimum atomic E-state index is -0.400. The lowest BCUT2D eigenvalue weighted by molar-refractivity contribution is -0.127. The van der Waals surface area contributed by atoms with Crippen LogP contribution in [-0.2, 0) is 4.79 Å². The Hall–Kier alpha value is -0.320. The molecule has 118 valence electrons. The summed E-state index contributed by atoms with van der Waals surface area (Å²) >= 11 is 0. The van der Waals surface area contributed by atoms with Crippen LogP contribution >= 0.6 is 12.4 Å². The molecule has 0 aromatic rings. The van der Waals surface area contributed by atoms with E-state index in [1.807, 2.05) is 6.92 Å². The van der Waals surface area contributed by atoms with Gasteiger partial charge in [-0.3, -0.25) is 4.79 Å². The van der Waals surface area contributed by atoms with E-state index in [2.05, 4.69) is 10.6 Å². The fourth-order valence-electron chi connectivity index (χ4n) is 3.52. The number of hydrogen-bond acceptors (Lipinski definition) is 3. The molecule has 0 aromatic heterocycles. The molecular weight excluding hydrogens is 276 g/mol. The fraction of sp³-hybridized carbons (Fsp3) is 0.933. The molecule has 1 aliphatic carbocycles. The van der Waals surface area contributed by atoms with E-state index in [1.165, 1.54) is 32.1 Å². The third-order valence-corrected chi connectivity index (χ3v) is 4.85. The summed E-state index contributed by atoms with van der Waals surface area (Å²) in [5, 5.41) is 15.8. The maximum absolute atomic E-state index is 12.4. The lowest BCUT2D eigenvalue weighted by Gasteiger charge is -2.33. The molecule has 1 aliphatic heterocycles. The minimum absolute atomic E-state index is 0. The van der Waals surface area contributed by atoms with Crippen molar-refractivity contribution in [1.29, 1.82) is 0 Å². The summed E-state index contributed by atoms with van der Waals surface area (Å²) in [6.45, 7) is 3.08. The number of amides is 1. The van der Waals surface area contributed by atoms with Gasteiger partial charge in [0.15, 0.2) is 0 Å². The van der Waals surface area contributed by atoms with Crippen LogP contribution in [0.2, 0.25) is 0 Å². The van der Waals surface area contributed by atoms with Crippen molar-refractivity contribution >= 4 is 18.3 Å². The molecule has 2 unspecified atom stereocenters. The second kappa shape index (κ2) is 8.20. The number of hydrogen-bond donors (Lipinski definition) is 3. The Labute approximate surface area is 128 Å². The van der Waals surface area contributed by atoms with E-state index < -0.39 is 5.54 Å². The molecule has 2 fully saturated rings. The van der Waals surface area contributed by atoms with E-state index in [9.17, 15) is 9.90 Å². The van der Waals surface area contributed by atoms with Gasteiger partial charge in [0.05, 0.1) is 5.54 Å². The van der Waals surface area contributed by atoms with Crippen LogP contribution < -0.4 is 10.6 Å². The molecule has 3 N–H and O–H groups in total. The molecule has 1 saturated heterocycles. The second-order valence-corrected chi connectivity index (χ2v) is 6.35. The topological polar surface area (TPSA) is 61.4 Å². The van der Waals surface area contributed by atoms with Gasteiger partial charge in [-0.1, -0.05) is 19.3 Å². The highest BCUT2D eigenvalue weighted by molar-refractivity contribution is 5.86. The van der Waals surface area contributed by atoms with Crippen molar-refractivity contribution in [2.24, 2.45) is 5.92 Å². The van der Waals surface area contributed by atoms with Crippen LogP contribution in [0.3, 0.4) is 0 Å². The Morgan fingerprint density at radius 3 is 2.60 bits per heavy atom. The highest BCUT2D eigenvalue weighted by Gasteiger charge is 2.37. The average molecular weight is 305 g/mol. The normalized spacial score (nSPS) is 28.7. The van der Waals surface area contributed by atoms with Gasteiger partial charge in [0.25, 0.3) is 0 Å². The number of aliphatic hydroxyl groups excluding tert-OH is 1. The van der Waals surface area contributed by atoms with Crippen LogP contribution in [0.4, 0.5) is 0 Å². The van der Waals surface area contributed by atoms with Crippen LogP contribution in [0.5, 0.6) is 0 Å². The Bertz CT molecular complexity index is 300. The van der Waals surface area contributed by atoms with Crippen molar-refractivity contribution in [2.75, 3.05) is 13.2 Å². The van der Waals surface area contributed by atoms with Crippen LogP contribution in [0, 0.1) is 5.92 Å². The Kier molecular flexibility index (Phi) is 7.27. The van der Waals surface area contributed by atoms with E-state index in [1.54, 1.807) is 0 Å². The lowest BCUT2D eigenvalue weighted by atomic mass is 9.82. The molecule has 4 nitrogen and oxygen atoms in total. The van der Waals surface area contributed by atoms with Gasteiger partial charge in [-0.2, -0.15) is 0 Å². The van der Waals surface area contributed by atoms with Crippen molar-refractivity contribution in [3.05, 3.63) is 0 Å². The van der Waals surface area contributed by atoms with Gasteiger partial charge >= 0.3 is 0 Å². The molecule has 0 radical (unpaired) electrons. The third kappa shape index (κ3) is 4.34. The van der Waals surface area contributed by atoms with Crippen molar-refractivity contribution < 1.29 is 9.90 Å². The molecule has 1 amide bonds. The van der Waals surface area contributed by atoms with Crippen LogP contribution in [-0.4, -0.2) is 35.7 Å². The van der Waals surface area contributed by atoms with Crippen molar-refractivity contribution in [3.8, 4) is 0 Å². The lowest BCUT2D eigenvalue weighted by Crippen LogP contribution is -2.55. The molecule has 0 bridgehead atoms. The summed E-state index contributed by atoms with van der Waals surface area (Å²) in [6, 6.07) is 0.150. The van der Waals surface area contributed by atoms with Gasteiger partial charge < -0.3 is 15.7 Å². The van der Waals surface area contributed by atoms with Crippen LogP contribution in [0.1, 0.15) is 58.3 Å². The van der Waals surface area contributed by atoms with E-state index >= 15 is 0 Å². The number of aliphatic hydroxyl groups is 1. The summed E-state index contributed by atoms with van der Waals surface area (Å²) < 4.78 is 0. The molecule has 0 aromatic carbocycles. The van der Waals surface area contributed by atoms with Gasteiger partial charge in [0, 0.05) is 12.6 Å². The van der Waals surface area contributed by atoms with Crippen molar-refractivity contribution in [1.82, 2.24) is 10.6 Å². The molecule has 1 saturated carbocycles. The van der Waals surface area contributed by atoms with E-state index in [0.29, 0.717) is 12.3 Å². The fourth-order valence-corrected chi connectivity index (χ4v) is 3.52. The second-order valence-electron chi connectivity index (χ2n) is 6.35. The van der Waals surface area contributed by atoms with E-state index in [4.69, 9.17) is 0 Å². The van der Waals surface area contributed by atoms with Crippen LogP contribution in [0.25, 0.3) is 0 Å². The first kappa shape index (κ1) is 17.7. The number of carbonyl (C=O) groups excluding carboxylic acids is 1. The van der Waals surface area contributed by atoms with Gasteiger partial charge in [0.1, 0.15) is 0 Å². The predicted molar refractivity (Wildman–Crippen MR) is 83.1 cm³/mol. The quantitative estimate of drug-likeness (QED) is 0.728. The molecular formula is C15H29ClN2O2. The van der Waals surface area contributed by atoms with E-state index in [0.717, 1.165) is 19.4 Å². The summed E-state index contributed by atoms with van der Waals surface area (Å²) in [5.41, 5.74) is -0.400. The van der Waals surface area contributed by atoms with E-state index in [-0.39, 0.29) is 31.0 Å². The summed E-state index contributed by atoms with van der Waals surface area (Å²) in [5.74, 6) is 0.670. The predicted octanol–water partition coefficient (Wildman–Crippen LogP) is 2.00. The summed E-state index contributed by atoms with van der Waals surface area (Å²) in [4.78, 5) is 12.4. The maximum atomic E-state index is 12.4. The molecule has 5 heteroatoms. The van der Waals surface area contributed by atoms with Crippen molar-refractivity contribution in [3.63, 3.8) is 0 Å². The van der Waals surface area contributed by atoms with Gasteiger partial charge in [-0.25, -0.2) is 0 Å². The molecule has 0 spiro atoms. The average Bonchev–Trinajstić information content (AvgIpc) is 2.87. The SMILES string of the molecule is CC1(C(=O)NC(CCO)C2CCCCC2)CCCN1.Cl. The zero-order valence-corrected chi connectivity index (χ0v) is 13.3. The first-order chi connectivity index (χ1) is 9.15. The largest absolute Gasteiger partial charge is 0.396 e. The molecule has 20 heavy (non-hydrogen) atoms. The third-order valence-electron chi connectivity index (χ3n) is 4.85. The standard InChI is InChI=1S/C15H28N2O2.ClH/c1-15(9-5-10-16-15)14(19)17-13(8-11-18)12-6-3-2-4-7-12;/h12-13,16,18H,2-11H2,1H3,(H,17,19);1H. The van der Waals surface area contributed by atoms with Gasteiger partial charge in [-0.05, 0) is 51.5 Å². The molecule has 2 atom stereocenters. The smallest absolute Gasteiger partial charge is 0.240 e. The summed E-state index contributed by atoms with van der Waals surface area (Å²) in [7, 11) is 0. The van der Waals surface area contributed by atoms with Crippen molar-refractivity contribution in [2.45, 2.75) is 69.9 Å². The first-order valence-electron chi connectivity index (χ1n) is 7.82. The summed E-state index contributed by atoms with van der Waals surface area (Å²) in [6.07, 6.45) is 8.88. The Morgan fingerprint density at radius 2 is 2.05 bits per heavy atom. The molecule has 1 heterocycles. The first-order valence-corrected chi connectivity index (χ1v) is 7.82. The monoisotopic (exact) mass is 304 g/mol. The Morgan fingerprint density at radius 1 is 1.35 bits per heavy atom. The van der Waals surface area contributed by atoms with Gasteiger partial charge in [0.2, 0.25) is 5.91 Å². The zero-order chi connectivity index (χ0) is 13.7. The van der Waals surface area contributed by atoms with Crippen LogP contribution in [0.15, 0.2) is 0 Å². The minimum Gasteiger partial charge on any atom is -0.396 e. The number of halogens is 1. The highest BCUT2D eigenvalue weighted by Crippen LogP contribution is 2.28. The number of carbonyl (C=O) groups is 1. The zero-order valence-electron chi connectivity index (χ0n) is 12.5. The Balaban J connectivity index is 0.00000200. The number of nitrogens with one attached hydrogen (secondary N) is 2. The molecule has 2 aliphatic rings. The highest BCUT2D eigenvalue weighted by atomic mass is 35.5. The number of rotatable bonds is 5. The van der Waals surface area contributed by atoms with Gasteiger partial charge in [-0.15, -0.1) is 12.4 Å². The molecule has 2 rings (SSSR count). The maximum Gasteiger partial charge on any atom is 0.240 e.